The Morgan fingerprint density at radius 1 is 1.21 bits per heavy atom. The highest BCUT2D eigenvalue weighted by Gasteiger charge is 2.41. The van der Waals surface area contributed by atoms with E-state index >= 15 is 0 Å². The summed E-state index contributed by atoms with van der Waals surface area (Å²) in [7, 11) is 0. The second kappa shape index (κ2) is 3.80. The van der Waals surface area contributed by atoms with Crippen molar-refractivity contribution in [1.82, 2.24) is 4.90 Å². The summed E-state index contributed by atoms with van der Waals surface area (Å²) < 4.78 is 0. The normalized spacial score (nSPS) is 38.8. The van der Waals surface area contributed by atoms with E-state index in [1.165, 1.54) is 25.7 Å². The molecule has 0 spiro atoms. The molecule has 1 aliphatic heterocycles. The van der Waals surface area contributed by atoms with Crippen LogP contribution in [0, 0.1) is 0 Å². The summed E-state index contributed by atoms with van der Waals surface area (Å²) in [6.07, 6.45) is 6.29. The summed E-state index contributed by atoms with van der Waals surface area (Å²) in [5, 5.41) is 9.69. The highest BCUT2D eigenvalue weighted by Crippen LogP contribution is 2.29. The summed E-state index contributed by atoms with van der Waals surface area (Å²) >= 11 is 0. The van der Waals surface area contributed by atoms with Gasteiger partial charge in [-0.1, -0.05) is 19.3 Å². The first-order chi connectivity index (χ1) is 6.58. The number of hydrogen-bond donors (Lipinski definition) is 2. The summed E-state index contributed by atoms with van der Waals surface area (Å²) in [6.45, 7) is 3.53. The van der Waals surface area contributed by atoms with Gasteiger partial charge in [0.15, 0.2) is 0 Å². The molecule has 3 nitrogen and oxygen atoms in total. The zero-order valence-electron chi connectivity index (χ0n) is 9.08. The Morgan fingerprint density at radius 2 is 1.86 bits per heavy atom. The fourth-order valence-corrected chi connectivity index (χ4v) is 2.83. The molecule has 1 saturated heterocycles. The zero-order valence-corrected chi connectivity index (χ0v) is 9.08. The lowest BCUT2D eigenvalue weighted by Gasteiger charge is -2.49. The maximum atomic E-state index is 9.69. The van der Waals surface area contributed by atoms with Crippen LogP contribution in [0.3, 0.4) is 0 Å². The largest absolute Gasteiger partial charge is 0.388 e. The van der Waals surface area contributed by atoms with Crippen LogP contribution in [0.2, 0.25) is 0 Å². The van der Waals surface area contributed by atoms with Gasteiger partial charge < -0.3 is 10.8 Å². The number of nitrogens with two attached hydrogens (primary N) is 1. The molecule has 1 heterocycles. The summed E-state index contributed by atoms with van der Waals surface area (Å²) in [5.74, 6) is 0. The Balaban J connectivity index is 1.89. The first-order valence-electron chi connectivity index (χ1n) is 5.80. The van der Waals surface area contributed by atoms with Gasteiger partial charge in [0.25, 0.3) is 0 Å². The molecular formula is C11H22N2O. The zero-order chi connectivity index (χ0) is 10.2. The van der Waals surface area contributed by atoms with E-state index in [1.54, 1.807) is 0 Å². The highest BCUT2D eigenvalue weighted by molar-refractivity contribution is 4.98. The average molecular weight is 198 g/mol. The molecule has 14 heavy (non-hydrogen) atoms. The van der Waals surface area contributed by atoms with Gasteiger partial charge in [-0.15, -0.1) is 0 Å². The molecule has 2 unspecified atom stereocenters. The van der Waals surface area contributed by atoms with Gasteiger partial charge in [-0.3, -0.25) is 4.90 Å². The number of likely N-dealkylation sites (tertiary alicyclic amines) is 1. The summed E-state index contributed by atoms with van der Waals surface area (Å²) in [6, 6.07) is 0.853. The van der Waals surface area contributed by atoms with Gasteiger partial charge >= 0.3 is 0 Å². The van der Waals surface area contributed by atoms with Crippen molar-refractivity contribution in [2.75, 3.05) is 13.1 Å². The number of rotatable bonds is 1. The molecule has 2 atom stereocenters. The minimum Gasteiger partial charge on any atom is -0.388 e. The van der Waals surface area contributed by atoms with Crippen molar-refractivity contribution >= 4 is 0 Å². The lowest BCUT2D eigenvalue weighted by Crippen LogP contribution is -2.65. The van der Waals surface area contributed by atoms with Crippen molar-refractivity contribution in [2.45, 2.75) is 56.7 Å². The van der Waals surface area contributed by atoms with Crippen molar-refractivity contribution in [3.63, 3.8) is 0 Å². The van der Waals surface area contributed by atoms with Crippen molar-refractivity contribution in [3.8, 4) is 0 Å². The van der Waals surface area contributed by atoms with Crippen molar-refractivity contribution < 1.29 is 5.11 Å². The Hall–Kier alpha value is -0.120. The van der Waals surface area contributed by atoms with Gasteiger partial charge in [0.1, 0.15) is 0 Å². The molecule has 82 valence electrons. The fraction of sp³-hybridized carbons (Fsp3) is 1.00. The van der Waals surface area contributed by atoms with E-state index in [0.717, 1.165) is 19.5 Å². The van der Waals surface area contributed by atoms with Gasteiger partial charge in [0.05, 0.1) is 5.60 Å². The Morgan fingerprint density at radius 3 is 2.50 bits per heavy atom. The quantitative estimate of drug-likeness (QED) is 0.610. The third-order valence-corrected chi connectivity index (χ3v) is 3.59. The first-order valence-corrected chi connectivity index (χ1v) is 5.80. The van der Waals surface area contributed by atoms with E-state index in [1.807, 2.05) is 6.92 Å². The van der Waals surface area contributed by atoms with Gasteiger partial charge in [0.2, 0.25) is 0 Å². The van der Waals surface area contributed by atoms with Crippen LogP contribution in [0.15, 0.2) is 0 Å². The van der Waals surface area contributed by atoms with Crippen LogP contribution in [0.25, 0.3) is 0 Å². The van der Waals surface area contributed by atoms with Gasteiger partial charge in [-0.05, 0) is 19.8 Å². The molecule has 0 radical (unpaired) electrons. The maximum absolute atomic E-state index is 9.69. The summed E-state index contributed by atoms with van der Waals surface area (Å²) in [4.78, 5) is 2.36. The molecule has 1 aliphatic carbocycles. The van der Waals surface area contributed by atoms with Gasteiger partial charge in [0, 0.05) is 25.2 Å². The SMILES string of the molecule is CC1(O)CN(C2CCCCCC2N)C1. The molecule has 2 rings (SSSR count). The van der Waals surface area contributed by atoms with Crippen LogP contribution in [0.5, 0.6) is 0 Å². The van der Waals surface area contributed by atoms with Crippen LogP contribution < -0.4 is 5.73 Å². The summed E-state index contributed by atoms with van der Waals surface area (Å²) in [5.41, 5.74) is 5.70. The molecule has 0 aromatic heterocycles. The predicted octanol–water partition coefficient (Wildman–Crippen LogP) is 0.713. The molecule has 3 heteroatoms. The van der Waals surface area contributed by atoms with E-state index in [4.69, 9.17) is 5.73 Å². The molecule has 1 saturated carbocycles. The lowest BCUT2D eigenvalue weighted by molar-refractivity contribution is -0.106. The molecule has 0 aromatic rings. The Kier molecular flexibility index (Phi) is 2.82. The maximum Gasteiger partial charge on any atom is 0.0872 e. The van der Waals surface area contributed by atoms with Gasteiger partial charge in [-0.2, -0.15) is 0 Å². The molecule has 2 aliphatic rings. The molecule has 0 bridgehead atoms. The molecular weight excluding hydrogens is 176 g/mol. The topological polar surface area (TPSA) is 49.5 Å². The van der Waals surface area contributed by atoms with E-state index in [0.29, 0.717) is 12.1 Å². The third-order valence-electron chi connectivity index (χ3n) is 3.59. The van der Waals surface area contributed by atoms with Crippen LogP contribution in [0.1, 0.15) is 39.0 Å². The van der Waals surface area contributed by atoms with Crippen molar-refractivity contribution in [2.24, 2.45) is 5.73 Å². The van der Waals surface area contributed by atoms with E-state index < -0.39 is 5.60 Å². The van der Waals surface area contributed by atoms with Gasteiger partial charge in [-0.25, -0.2) is 0 Å². The van der Waals surface area contributed by atoms with Crippen molar-refractivity contribution in [3.05, 3.63) is 0 Å². The van der Waals surface area contributed by atoms with Crippen LogP contribution in [-0.2, 0) is 0 Å². The van der Waals surface area contributed by atoms with Crippen LogP contribution in [-0.4, -0.2) is 40.8 Å². The molecule has 3 N–H and O–H groups in total. The monoisotopic (exact) mass is 198 g/mol. The van der Waals surface area contributed by atoms with E-state index in [2.05, 4.69) is 4.90 Å². The molecule has 2 fully saturated rings. The smallest absolute Gasteiger partial charge is 0.0872 e. The standard InChI is InChI=1S/C11H22N2O/c1-11(14)7-13(8-11)10-6-4-2-3-5-9(10)12/h9-10,14H,2-8,12H2,1H3. The Labute approximate surface area is 86.3 Å². The average Bonchev–Trinajstić information content (AvgIpc) is 2.25. The fourth-order valence-electron chi connectivity index (χ4n) is 2.83. The van der Waals surface area contributed by atoms with E-state index in [-0.39, 0.29) is 0 Å². The lowest BCUT2D eigenvalue weighted by atomic mass is 9.90. The third kappa shape index (κ3) is 2.10. The second-order valence-corrected chi connectivity index (χ2v) is 5.27. The number of aliphatic hydroxyl groups is 1. The van der Waals surface area contributed by atoms with Crippen LogP contribution in [0.4, 0.5) is 0 Å². The minimum absolute atomic E-state index is 0.327. The first kappa shape index (κ1) is 10.4. The number of β-amino-alcohol motifs (C(OH)–C–C–N with tert-alkyl or cyclic N) is 1. The Bertz CT molecular complexity index is 197. The molecule has 0 aromatic carbocycles. The van der Waals surface area contributed by atoms with Crippen LogP contribution >= 0.6 is 0 Å². The second-order valence-electron chi connectivity index (χ2n) is 5.27. The number of hydrogen-bond acceptors (Lipinski definition) is 3. The van der Waals surface area contributed by atoms with Crippen molar-refractivity contribution in [1.29, 1.82) is 0 Å². The minimum atomic E-state index is -0.452. The van der Waals surface area contributed by atoms with E-state index in [9.17, 15) is 5.11 Å². The number of nitrogens with zero attached hydrogens (tertiary/aromatic N) is 1. The highest BCUT2D eigenvalue weighted by atomic mass is 16.3. The molecule has 0 amide bonds. The predicted molar refractivity (Wildman–Crippen MR) is 57.0 cm³/mol.